The van der Waals surface area contributed by atoms with Gasteiger partial charge >= 0.3 is 6.03 Å². The molecule has 0 saturated heterocycles. The fourth-order valence-electron chi connectivity index (χ4n) is 1.63. The van der Waals surface area contributed by atoms with Crippen LogP contribution in [0.1, 0.15) is 24.9 Å². The maximum Gasteiger partial charge on any atom is 0.315 e. The highest BCUT2D eigenvalue weighted by Gasteiger charge is 2.08. The lowest BCUT2D eigenvalue weighted by Crippen LogP contribution is -2.37. The second-order valence-electron chi connectivity index (χ2n) is 4.36. The van der Waals surface area contributed by atoms with Crippen LogP contribution in [0.2, 0.25) is 5.02 Å². The van der Waals surface area contributed by atoms with Crippen LogP contribution in [-0.2, 0) is 4.74 Å². The summed E-state index contributed by atoms with van der Waals surface area (Å²) in [6.45, 7) is 3.32. The fourth-order valence-corrected chi connectivity index (χ4v) is 1.75. The van der Waals surface area contributed by atoms with Gasteiger partial charge in [0.15, 0.2) is 0 Å². The van der Waals surface area contributed by atoms with Gasteiger partial charge in [0.1, 0.15) is 0 Å². The Morgan fingerprint density at radius 2 is 2.05 bits per heavy atom. The molecule has 1 atom stereocenters. The summed E-state index contributed by atoms with van der Waals surface area (Å²) in [6, 6.07) is 7.07. The van der Waals surface area contributed by atoms with E-state index in [9.17, 15) is 4.79 Å². The Bertz CT molecular complexity index is 398. The smallest absolute Gasteiger partial charge is 0.315 e. The average Bonchev–Trinajstić information content (AvgIpc) is 2.43. The SMILES string of the molecule is CC(NC(=O)NCCCOCCO)c1ccc(Cl)cc1. The third-order valence-electron chi connectivity index (χ3n) is 2.70. The number of hydrogen-bond donors (Lipinski definition) is 3. The van der Waals surface area contributed by atoms with Crippen LogP contribution in [0.5, 0.6) is 0 Å². The van der Waals surface area contributed by atoms with Gasteiger partial charge in [0.2, 0.25) is 0 Å². The standard InChI is InChI=1S/C14H21ClN2O3/c1-11(12-3-5-13(15)6-4-12)17-14(19)16-7-2-9-20-10-8-18/h3-6,11,18H,2,7-10H2,1H3,(H2,16,17,19). The molecule has 5 nitrogen and oxygen atoms in total. The molecule has 0 radical (unpaired) electrons. The normalized spacial score (nSPS) is 11.9. The minimum absolute atomic E-state index is 0.0204. The molecule has 0 aliphatic carbocycles. The molecule has 6 heteroatoms. The second kappa shape index (κ2) is 9.58. The van der Waals surface area contributed by atoms with Crippen LogP contribution in [-0.4, -0.2) is 37.5 Å². The molecule has 20 heavy (non-hydrogen) atoms. The average molecular weight is 301 g/mol. The van der Waals surface area contributed by atoms with Crippen molar-refractivity contribution in [2.75, 3.05) is 26.4 Å². The first-order chi connectivity index (χ1) is 9.63. The summed E-state index contributed by atoms with van der Waals surface area (Å²) < 4.78 is 5.09. The first-order valence-corrected chi connectivity index (χ1v) is 6.99. The summed E-state index contributed by atoms with van der Waals surface area (Å²) in [7, 11) is 0. The number of aliphatic hydroxyl groups is 1. The highest BCUT2D eigenvalue weighted by molar-refractivity contribution is 6.30. The molecule has 0 aliphatic rings. The summed E-state index contributed by atoms with van der Waals surface area (Å²) in [6.07, 6.45) is 0.711. The molecule has 1 aromatic carbocycles. The van der Waals surface area contributed by atoms with E-state index in [0.29, 0.717) is 31.2 Å². The Morgan fingerprint density at radius 3 is 2.70 bits per heavy atom. The molecule has 0 aromatic heterocycles. The molecule has 3 N–H and O–H groups in total. The van der Waals surface area contributed by atoms with Gasteiger partial charge in [-0.1, -0.05) is 23.7 Å². The second-order valence-corrected chi connectivity index (χ2v) is 4.80. The Morgan fingerprint density at radius 1 is 1.35 bits per heavy atom. The molecule has 0 spiro atoms. The summed E-state index contributed by atoms with van der Waals surface area (Å²) in [5.41, 5.74) is 0.996. The molecular formula is C14H21ClN2O3. The number of halogens is 1. The number of rotatable bonds is 8. The molecule has 0 fully saturated rings. The van der Waals surface area contributed by atoms with Crippen molar-refractivity contribution in [1.29, 1.82) is 0 Å². The highest BCUT2D eigenvalue weighted by atomic mass is 35.5. The molecule has 0 bridgehead atoms. The first-order valence-electron chi connectivity index (χ1n) is 6.62. The Labute approximate surface area is 124 Å². The molecule has 0 heterocycles. The third kappa shape index (κ3) is 6.75. The fraction of sp³-hybridized carbons (Fsp3) is 0.500. The number of ether oxygens (including phenoxy) is 1. The van der Waals surface area contributed by atoms with Gasteiger partial charge < -0.3 is 20.5 Å². The van der Waals surface area contributed by atoms with Crippen LogP contribution in [0.3, 0.4) is 0 Å². The van der Waals surface area contributed by atoms with Crippen LogP contribution in [0, 0.1) is 0 Å². The summed E-state index contributed by atoms with van der Waals surface area (Å²) in [5, 5.41) is 14.8. The molecule has 1 unspecified atom stereocenters. The monoisotopic (exact) mass is 300 g/mol. The van der Waals surface area contributed by atoms with Crippen molar-refractivity contribution in [3.8, 4) is 0 Å². The van der Waals surface area contributed by atoms with E-state index in [4.69, 9.17) is 21.4 Å². The van der Waals surface area contributed by atoms with Crippen molar-refractivity contribution in [1.82, 2.24) is 10.6 Å². The summed E-state index contributed by atoms with van der Waals surface area (Å²) in [5.74, 6) is 0. The lowest BCUT2D eigenvalue weighted by Gasteiger charge is -2.15. The van der Waals surface area contributed by atoms with E-state index in [0.717, 1.165) is 5.56 Å². The van der Waals surface area contributed by atoms with Crippen LogP contribution in [0.15, 0.2) is 24.3 Å². The van der Waals surface area contributed by atoms with Gasteiger partial charge in [0.05, 0.1) is 19.3 Å². The zero-order chi connectivity index (χ0) is 14.8. The van der Waals surface area contributed by atoms with E-state index in [2.05, 4.69) is 10.6 Å². The van der Waals surface area contributed by atoms with Crippen LogP contribution < -0.4 is 10.6 Å². The van der Waals surface area contributed by atoms with Crippen molar-refractivity contribution < 1.29 is 14.6 Å². The van der Waals surface area contributed by atoms with Crippen molar-refractivity contribution in [2.45, 2.75) is 19.4 Å². The molecular weight excluding hydrogens is 280 g/mol. The Balaban J connectivity index is 2.19. The zero-order valence-corrected chi connectivity index (χ0v) is 12.3. The van der Waals surface area contributed by atoms with Gasteiger partial charge in [-0.25, -0.2) is 4.79 Å². The van der Waals surface area contributed by atoms with Crippen molar-refractivity contribution in [3.63, 3.8) is 0 Å². The molecule has 0 aliphatic heterocycles. The maximum atomic E-state index is 11.7. The van der Waals surface area contributed by atoms with Crippen LogP contribution in [0.4, 0.5) is 4.79 Å². The van der Waals surface area contributed by atoms with Gasteiger partial charge in [-0.2, -0.15) is 0 Å². The van der Waals surface area contributed by atoms with E-state index < -0.39 is 0 Å². The van der Waals surface area contributed by atoms with E-state index in [1.54, 1.807) is 12.1 Å². The van der Waals surface area contributed by atoms with Gasteiger partial charge in [-0.05, 0) is 31.0 Å². The van der Waals surface area contributed by atoms with Crippen LogP contribution in [0.25, 0.3) is 0 Å². The lowest BCUT2D eigenvalue weighted by molar-refractivity contribution is 0.0909. The van der Waals surface area contributed by atoms with Crippen molar-refractivity contribution >= 4 is 17.6 Å². The Kier molecular flexibility index (Phi) is 8.02. The van der Waals surface area contributed by atoms with Gasteiger partial charge in [-0.3, -0.25) is 0 Å². The Hall–Kier alpha value is -1.30. The zero-order valence-electron chi connectivity index (χ0n) is 11.6. The van der Waals surface area contributed by atoms with Gasteiger partial charge in [0.25, 0.3) is 0 Å². The third-order valence-corrected chi connectivity index (χ3v) is 2.96. The number of carbonyl (C=O) groups is 1. The highest BCUT2D eigenvalue weighted by Crippen LogP contribution is 2.15. The molecule has 1 rings (SSSR count). The number of hydrogen-bond acceptors (Lipinski definition) is 3. The first kappa shape index (κ1) is 16.8. The minimum atomic E-state index is -0.213. The summed E-state index contributed by atoms with van der Waals surface area (Å²) in [4.78, 5) is 11.7. The number of carbonyl (C=O) groups excluding carboxylic acids is 1. The number of amides is 2. The number of benzene rings is 1. The predicted octanol–water partition coefficient (Wildman–Crippen LogP) is 2.10. The lowest BCUT2D eigenvalue weighted by atomic mass is 10.1. The predicted molar refractivity (Wildman–Crippen MR) is 78.9 cm³/mol. The van der Waals surface area contributed by atoms with E-state index >= 15 is 0 Å². The topological polar surface area (TPSA) is 70.6 Å². The number of aliphatic hydroxyl groups excluding tert-OH is 1. The van der Waals surface area contributed by atoms with Crippen LogP contribution >= 0.6 is 11.6 Å². The van der Waals surface area contributed by atoms with E-state index in [-0.39, 0.29) is 18.7 Å². The summed E-state index contributed by atoms with van der Waals surface area (Å²) >= 11 is 5.82. The molecule has 0 saturated carbocycles. The van der Waals surface area contributed by atoms with Gasteiger partial charge in [-0.15, -0.1) is 0 Å². The molecule has 112 valence electrons. The molecule has 1 aromatic rings. The van der Waals surface area contributed by atoms with E-state index in [1.807, 2.05) is 19.1 Å². The quantitative estimate of drug-likeness (QED) is 0.644. The van der Waals surface area contributed by atoms with E-state index in [1.165, 1.54) is 0 Å². The minimum Gasteiger partial charge on any atom is -0.394 e. The van der Waals surface area contributed by atoms with Crippen molar-refractivity contribution in [3.05, 3.63) is 34.9 Å². The number of urea groups is 1. The number of nitrogens with one attached hydrogen (secondary N) is 2. The molecule has 2 amide bonds. The largest absolute Gasteiger partial charge is 0.394 e. The van der Waals surface area contributed by atoms with Crippen molar-refractivity contribution in [2.24, 2.45) is 0 Å². The van der Waals surface area contributed by atoms with Gasteiger partial charge in [0, 0.05) is 18.2 Å². The maximum absolute atomic E-state index is 11.7.